The number of amides is 1. The number of nitrogens with two attached hydrogens (primary N) is 1. The summed E-state index contributed by atoms with van der Waals surface area (Å²) in [4.78, 5) is 23.2. The fraction of sp³-hybridized carbons (Fsp3) is 0.667. The van der Waals surface area contributed by atoms with Gasteiger partial charge < -0.3 is 15.7 Å². The molecule has 1 unspecified atom stereocenters. The van der Waals surface area contributed by atoms with Crippen molar-refractivity contribution in [3.05, 3.63) is 12.7 Å². The Balaban J connectivity index is 4.22. The van der Waals surface area contributed by atoms with Crippen molar-refractivity contribution in [1.82, 2.24) is 16.0 Å². The molecule has 19 heavy (non-hydrogen) atoms. The number of hydrogen-bond acceptors (Lipinski definition) is 6. The first-order chi connectivity index (χ1) is 8.92. The molecular formula is C12H24N4O3. The predicted molar refractivity (Wildman–Crippen MR) is 73.1 cm³/mol. The van der Waals surface area contributed by atoms with E-state index >= 15 is 0 Å². The van der Waals surface area contributed by atoms with Gasteiger partial charge in [0.25, 0.3) is 0 Å². The Kier molecular flexibility index (Phi) is 8.98. The molecule has 7 nitrogen and oxygen atoms in total. The number of hydrogen-bond donors (Lipinski definition) is 5. The summed E-state index contributed by atoms with van der Waals surface area (Å²) in [6.07, 6.45) is 1.49. The van der Waals surface area contributed by atoms with Crippen LogP contribution in [-0.4, -0.2) is 48.8 Å². The SMILES string of the molecule is C=C[C@H](NC)C(=O)N[C@@H](CCCNC(N)O)C(C)=O. The molecule has 0 aromatic heterocycles. The Labute approximate surface area is 113 Å². The highest BCUT2D eigenvalue weighted by atomic mass is 16.3. The molecule has 7 heteroatoms. The molecule has 0 radical (unpaired) electrons. The molecule has 0 spiro atoms. The third kappa shape index (κ3) is 7.68. The lowest BCUT2D eigenvalue weighted by atomic mass is 10.1. The summed E-state index contributed by atoms with van der Waals surface area (Å²) in [5.41, 5.74) is 5.11. The van der Waals surface area contributed by atoms with E-state index in [-0.39, 0.29) is 11.7 Å². The van der Waals surface area contributed by atoms with Crippen LogP contribution in [0.15, 0.2) is 12.7 Å². The van der Waals surface area contributed by atoms with E-state index < -0.39 is 18.4 Å². The molecule has 0 aliphatic heterocycles. The van der Waals surface area contributed by atoms with Gasteiger partial charge >= 0.3 is 0 Å². The molecule has 3 atom stereocenters. The number of aliphatic hydroxyl groups is 1. The van der Waals surface area contributed by atoms with Gasteiger partial charge in [0.1, 0.15) is 6.04 Å². The zero-order chi connectivity index (χ0) is 14.8. The molecule has 0 rings (SSSR count). The van der Waals surface area contributed by atoms with Crippen LogP contribution >= 0.6 is 0 Å². The molecule has 0 bridgehead atoms. The molecule has 0 saturated heterocycles. The number of nitrogens with one attached hydrogen (secondary N) is 3. The fourth-order valence-corrected chi connectivity index (χ4v) is 1.55. The average molecular weight is 272 g/mol. The van der Waals surface area contributed by atoms with Crippen molar-refractivity contribution in [2.75, 3.05) is 13.6 Å². The first-order valence-electron chi connectivity index (χ1n) is 6.20. The van der Waals surface area contributed by atoms with Crippen LogP contribution in [0.2, 0.25) is 0 Å². The minimum Gasteiger partial charge on any atom is -0.366 e. The van der Waals surface area contributed by atoms with Gasteiger partial charge in [-0.2, -0.15) is 0 Å². The maximum Gasteiger partial charge on any atom is 0.241 e. The van der Waals surface area contributed by atoms with E-state index in [9.17, 15) is 9.59 Å². The highest BCUT2D eigenvalue weighted by Gasteiger charge is 2.20. The lowest BCUT2D eigenvalue weighted by Gasteiger charge is -2.19. The smallest absolute Gasteiger partial charge is 0.241 e. The summed E-state index contributed by atoms with van der Waals surface area (Å²) in [7, 11) is 1.64. The van der Waals surface area contributed by atoms with Crippen LogP contribution in [0.4, 0.5) is 0 Å². The number of carbonyl (C=O) groups excluding carboxylic acids is 2. The second kappa shape index (κ2) is 9.62. The molecule has 1 amide bonds. The summed E-state index contributed by atoms with van der Waals surface area (Å²) in [6.45, 7) is 5.44. The third-order valence-corrected chi connectivity index (χ3v) is 2.66. The summed E-state index contributed by atoms with van der Waals surface area (Å²) in [5, 5.41) is 16.9. The van der Waals surface area contributed by atoms with Gasteiger partial charge in [0.2, 0.25) is 5.91 Å². The number of likely N-dealkylation sites (N-methyl/N-ethyl adjacent to an activating group) is 1. The Morgan fingerprint density at radius 1 is 1.47 bits per heavy atom. The molecule has 0 aromatic rings. The number of rotatable bonds is 10. The van der Waals surface area contributed by atoms with Crippen molar-refractivity contribution in [1.29, 1.82) is 0 Å². The summed E-state index contributed by atoms with van der Waals surface area (Å²) in [5.74, 6) is -0.398. The van der Waals surface area contributed by atoms with E-state index in [4.69, 9.17) is 10.8 Å². The van der Waals surface area contributed by atoms with E-state index in [0.29, 0.717) is 19.4 Å². The standard InChI is InChI=1S/C12H24N4O3/c1-4-9(14-3)11(18)16-10(8(2)17)6-5-7-15-12(13)19/h4,9-10,12,14-15,19H,1,5-7,13H2,2-3H3,(H,16,18)/t9-,10-,12?/m0/s1. The highest BCUT2D eigenvalue weighted by Crippen LogP contribution is 1.99. The van der Waals surface area contributed by atoms with Crippen molar-refractivity contribution < 1.29 is 14.7 Å². The van der Waals surface area contributed by atoms with Gasteiger partial charge in [0.05, 0.1) is 6.04 Å². The Bertz CT molecular complexity index is 307. The minimum absolute atomic E-state index is 0.111. The van der Waals surface area contributed by atoms with Crippen LogP contribution in [0, 0.1) is 0 Å². The molecule has 0 heterocycles. The van der Waals surface area contributed by atoms with Crippen molar-refractivity contribution in [3.63, 3.8) is 0 Å². The lowest BCUT2D eigenvalue weighted by Crippen LogP contribution is -2.48. The van der Waals surface area contributed by atoms with Gasteiger partial charge in [0.15, 0.2) is 12.1 Å². The van der Waals surface area contributed by atoms with Crippen molar-refractivity contribution in [3.8, 4) is 0 Å². The van der Waals surface area contributed by atoms with E-state index in [2.05, 4.69) is 22.5 Å². The number of Topliss-reactive ketones (excluding diaryl/α,β-unsaturated/α-hetero) is 1. The highest BCUT2D eigenvalue weighted by molar-refractivity contribution is 5.90. The normalized spacial score (nSPS) is 15.4. The van der Waals surface area contributed by atoms with Crippen molar-refractivity contribution in [2.24, 2.45) is 5.73 Å². The van der Waals surface area contributed by atoms with Crippen molar-refractivity contribution >= 4 is 11.7 Å². The molecule has 0 aliphatic carbocycles. The van der Waals surface area contributed by atoms with Gasteiger partial charge in [-0.3, -0.25) is 20.6 Å². The summed E-state index contributed by atoms with van der Waals surface area (Å²) >= 11 is 0. The first kappa shape index (κ1) is 17.7. The third-order valence-electron chi connectivity index (χ3n) is 2.66. The van der Waals surface area contributed by atoms with Crippen LogP contribution in [0.5, 0.6) is 0 Å². The maximum absolute atomic E-state index is 11.8. The van der Waals surface area contributed by atoms with Gasteiger partial charge in [-0.05, 0) is 33.4 Å². The van der Waals surface area contributed by atoms with E-state index in [0.717, 1.165) is 0 Å². The first-order valence-corrected chi connectivity index (χ1v) is 6.20. The maximum atomic E-state index is 11.8. The molecular weight excluding hydrogens is 248 g/mol. The minimum atomic E-state index is -1.07. The Morgan fingerprint density at radius 2 is 2.11 bits per heavy atom. The second-order valence-corrected chi connectivity index (χ2v) is 4.22. The summed E-state index contributed by atoms with van der Waals surface area (Å²) in [6, 6.07) is -1.06. The fourth-order valence-electron chi connectivity index (χ4n) is 1.55. The molecule has 6 N–H and O–H groups in total. The van der Waals surface area contributed by atoms with Gasteiger partial charge in [-0.1, -0.05) is 6.08 Å². The number of carbonyl (C=O) groups is 2. The van der Waals surface area contributed by atoms with Crippen LogP contribution in [0.25, 0.3) is 0 Å². The molecule has 0 fully saturated rings. The predicted octanol–water partition coefficient (Wildman–Crippen LogP) is -1.56. The largest absolute Gasteiger partial charge is 0.366 e. The van der Waals surface area contributed by atoms with Crippen molar-refractivity contribution in [2.45, 2.75) is 38.2 Å². The average Bonchev–Trinajstić information content (AvgIpc) is 2.33. The zero-order valence-corrected chi connectivity index (χ0v) is 11.5. The Morgan fingerprint density at radius 3 is 2.53 bits per heavy atom. The Hall–Kier alpha value is -1.28. The topological polar surface area (TPSA) is 116 Å². The molecule has 110 valence electrons. The van der Waals surface area contributed by atoms with E-state index in [1.807, 2.05) is 0 Å². The molecule has 0 aliphatic rings. The van der Waals surface area contributed by atoms with E-state index in [1.54, 1.807) is 7.05 Å². The monoisotopic (exact) mass is 272 g/mol. The van der Waals surface area contributed by atoms with Gasteiger partial charge in [-0.25, -0.2) is 0 Å². The lowest BCUT2D eigenvalue weighted by molar-refractivity contribution is -0.127. The number of ketones is 1. The van der Waals surface area contributed by atoms with Crippen LogP contribution < -0.4 is 21.7 Å². The zero-order valence-electron chi connectivity index (χ0n) is 11.5. The van der Waals surface area contributed by atoms with Crippen LogP contribution in [-0.2, 0) is 9.59 Å². The quantitative estimate of drug-likeness (QED) is 0.186. The van der Waals surface area contributed by atoms with Crippen LogP contribution in [0.1, 0.15) is 19.8 Å². The van der Waals surface area contributed by atoms with Crippen LogP contribution in [0.3, 0.4) is 0 Å². The molecule has 0 saturated carbocycles. The van der Waals surface area contributed by atoms with Gasteiger partial charge in [-0.15, -0.1) is 6.58 Å². The van der Waals surface area contributed by atoms with Gasteiger partial charge in [0, 0.05) is 0 Å². The van der Waals surface area contributed by atoms with E-state index in [1.165, 1.54) is 13.0 Å². The number of aliphatic hydroxyl groups excluding tert-OH is 1. The molecule has 0 aromatic carbocycles. The summed E-state index contributed by atoms with van der Waals surface area (Å²) < 4.78 is 0. The second-order valence-electron chi connectivity index (χ2n) is 4.22.